The summed E-state index contributed by atoms with van der Waals surface area (Å²) in [5.41, 5.74) is 0. The summed E-state index contributed by atoms with van der Waals surface area (Å²) in [5, 5.41) is 12.0. The van der Waals surface area contributed by atoms with Crippen molar-refractivity contribution in [3.63, 3.8) is 0 Å². The minimum Gasteiger partial charge on any atom is -0.481 e. The van der Waals surface area contributed by atoms with Crippen molar-refractivity contribution >= 4 is 22.6 Å². The Balaban J connectivity index is 2.36. The second-order valence-corrected chi connectivity index (χ2v) is 3.17. The highest BCUT2D eigenvalue weighted by molar-refractivity contribution is 7.09. The molecule has 0 aliphatic carbocycles. The fourth-order valence-electron chi connectivity index (χ4n) is 0.760. The van der Waals surface area contributed by atoms with Crippen molar-refractivity contribution in [2.75, 3.05) is 5.32 Å². The van der Waals surface area contributed by atoms with E-state index >= 15 is 0 Å². The second kappa shape index (κ2) is 4.01. The Morgan fingerprint density at radius 1 is 1.92 bits per heavy atom. The first-order valence-corrected chi connectivity index (χ1v) is 4.21. The Morgan fingerprint density at radius 2 is 2.67 bits per heavy atom. The normalized spacial score (nSPS) is 12.4. The van der Waals surface area contributed by atoms with Crippen LogP contribution in [0.5, 0.6) is 0 Å². The topological polar surface area (TPSA) is 75.1 Å². The average Bonchev–Trinajstić information content (AvgIpc) is 2.37. The molecule has 0 spiro atoms. The maximum atomic E-state index is 10.3. The first kappa shape index (κ1) is 8.92. The van der Waals surface area contributed by atoms with Gasteiger partial charge in [-0.25, -0.2) is 4.98 Å². The van der Waals surface area contributed by atoms with Gasteiger partial charge in [-0.2, -0.15) is 4.37 Å². The van der Waals surface area contributed by atoms with Gasteiger partial charge in [0.2, 0.25) is 5.13 Å². The predicted octanol–water partition coefficient (Wildman–Crippen LogP) is 0.813. The van der Waals surface area contributed by atoms with E-state index in [1.54, 1.807) is 6.92 Å². The molecule has 0 radical (unpaired) electrons. The second-order valence-electron chi connectivity index (χ2n) is 2.39. The summed E-state index contributed by atoms with van der Waals surface area (Å²) in [4.78, 5) is 14.1. The summed E-state index contributed by atoms with van der Waals surface area (Å²) in [6.45, 7) is 1.79. The number of carboxylic acids is 1. The van der Waals surface area contributed by atoms with Crippen LogP contribution in [-0.4, -0.2) is 26.5 Å². The number of carboxylic acid groups (broad SMARTS) is 1. The van der Waals surface area contributed by atoms with Crippen molar-refractivity contribution in [1.82, 2.24) is 9.36 Å². The van der Waals surface area contributed by atoms with E-state index in [4.69, 9.17) is 5.11 Å². The molecular formula is C6H9N3O2S. The van der Waals surface area contributed by atoms with E-state index < -0.39 is 5.97 Å². The molecule has 1 rings (SSSR count). The SMILES string of the molecule is CC(CC(=O)O)Nc1ncns1. The minimum absolute atomic E-state index is 0.0829. The van der Waals surface area contributed by atoms with Crippen LogP contribution < -0.4 is 5.32 Å². The molecule has 0 aliphatic heterocycles. The van der Waals surface area contributed by atoms with Gasteiger partial charge < -0.3 is 10.4 Å². The number of nitrogens with zero attached hydrogens (tertiary/aromatic N) is 2. The molecule has 1 aromatic heterocycles. The van der Waals surface area contributed by atoms with Crippen LogP contribution in [0, 0.1) is 0 Å². The van der Waals surface area contributed by atoms with Gasteiger partial charge in [-0.3, -0.25) is 4.79 Å². The third-order valence-electron chi connectivity index (χ3n) is 1.21. The molecule has 1 heterocycles. The largest absolute Gasteiger partial charge is 0.481 e. The third kappa shape index (κ3) is 2.83. The number of carbonyl (C=O) groups is 1. The van der Waals surface area contributed by atoms with Gasteiger partial charge in [-0.05, 0) is 6.92 Å². The molecule has 0 saturated carbocycles. The fourth-order valence-corrected chi connectivity index (χ4v) is 1.30. The Morgan fingerprint density at radius 3 is 3.17 bits per heavy atom. The number of aliphatic carboxylic acids is 1. The van der Waals surface area contributed by atoms with Crippen molar-refractivity contribution in [3.8, 4) is 0 Å². The van der Waals surface area contributed by atoms with E-state index in [-0.39, 0.29) is 12.5 Å². The molecule has 2 N–H and O–H groups in total. The molecule has 0 fully saturated rings. The van der Waals surface area contributed by atoms with Gasteiger partial charge >= 0.3 is 5.97 Å². The van der Waals surface area contributed by atoms with Crippen molar-refractivity contribution in [2.24, 2.45) is 0 Å². The smallest absolute Gasteiger partial charge is 0.305 e. The van der Waals surface area contributed by atoms with Gasteiger partial charge in [-0.15, -0.1) is 0 Å². The average molecular weight is 187 g/mol. The molecule has 1 aromatic rings. The van der Waals surface area contributed by atoms with Crippen LogP contribution in [0.25, 0.3) is 0 Å². The maximum Gasteiger partial charge on any atom is 0.305 e. The lowest BCUT2D eigenvalue weighted by Gasteiger charge is -2.08. The van der Waals surface area contributed by atoms with Gasteiger partial charge in [0.15, 0.2) is 0 Å². The van der Waals surface area contributed by atoms with Gasteiger partial charge in [-0.1, -0.05) is 0 Å². The van der Waals surface area contributed by atoms with Crippen molar-refractivity contribution < 1.29 is 9.90 Å². The van der Waals surface area contributed by atoms with Crippen LogP contribution in [-0.2, 0) is 4.79 Å². The van der Waals surface area contributed by atoms with Crippen LogP contribution in [0.15, 0.2) is 6.33 Å². The van der Waals surface area contributed by atoms with Crippen molar-refractivity contribution in [1.29, 1.82) is 0 Å². The number of hydrogen-bond donors (Lipinski definition) is 2. The zero-order chi connectivity index (χ0) is 8.97. The van der Waals surface area contributed by atoms with E-state index in [0.717, 1.165) is 0 Å². The van der Waals surface area contributed by atoms with Crippen molar-refractivity contribution in [2.45, 2.75) is 19.4 Å². The quantitative estimate of drug-likeness (QED) is 0.729. The molecule has 0 bridgehead atoms. The monoisotopic (exact) mass is 187 g/mol. The molecule has 1 atom stereocenters. The highest BCUT2D eigenvalue weighted by Gasteiger charge is 2.07. The highest BCUT2D eigenvalue weighted by atomic mass is 32.1. The number of aromatic nitrogens is 2. The lowest BCUT2D eigenvalue weighted by molar-refractivity contribution is -0.137. The van der Waals surface area contributed by atoms with Crippen LogP contribution in [0.4, 0.5) is 5.13 Å². The molecule has 0 aromatic carbocycles. The van der Waals surface area contributed by atoms with Crippen LogP contribution in [0.1, 0.15) is 13.3 Å². The lowest BCUT2D eigenvalue weighted by Crippen LogP contribution is -2.18. The number of nitrogens with one attached hydrogen (secondary N) is 1. The van der Waals surface area contributed by atoms with Gasteiger partial charge in [0.25, 0.3) is 0 Å². The Labute approximate surface area is 73.6 Å². The zero-order valence-corrected chi connectivity index (χ0v) is 7.34. The minimum atomic E-state index is -0.820. The Bertz CT molecular complexity index is 249. The fraction of sp³-hybridized carbons (Fsp3) is 0.500. The van der Waals surface area contributed by atoms with E-state index in [2.05, 4.69) is 14.7 Å². The van der Waals surface area contributed by atoms with Gasteiger partial charge in [0.05, 0.1) is 6.42 Å². The van der Waals surface area contributed by atoms with Crippen LogP contribution >= 0.6 is 11.5 Å². The molecule has 66 valence electrons. The first-order chi connectivity index (χ1) is 5.68. The molecule has 12 heavy (non-hydrogen) atoms. The van der Waals surface area contributed by atoms with Gasteiger partial charge in [0, 0.05) is 17.6 Å². The number of rotatable bonds is 4. The highest BCUT2D eigenvalue weighted by Crippen LogP contribution is 2.09. The summed E-state index contributed by atoms with van der Waals surface area (Å²) in [6, 6.07) is -0.115. The summed E-state index contributed by atoms with van der Waals surface area (Å²) in [5.74, 6) is -0.820. The van der Waals surface area contributed by atoms with E-state index in [1.165, 1.54) is 17.9 Å². The van der Waals surface area contributed by atoms with E-state index in [9.17, 15) is 4.79 Å². The molecule has 0 amide bonds. The van der Waals surface area contributed by atoms with Crippen LogP contribution in [0.2, 0.25) is 0 Å². The zero-order valence-electron chi connectivity index (χ0n) is 6.52. The molecule has 1 unspecified atom stereocenters. The van der Waals surface area contributed by atoms with Gasteiger partial charge in [0.1, 0.15) is 6.33 Å². The first-order valence-electron chi connectivity index (χ1n) is 3.43. The lowest BCUT2D eigenvalue weighted by atomic mass is 10.2. The molecule has 0 aliphatic rings. The summed E-state index contributed by atoms with van der Waals surface area (Å²) in [6.07, 6.45) is 1.51. The maximum absolute atomic E-state index is 10.3. The third-order valence-corrected chi connectivity index (χ3v) is 1.81. The van der Waals surface area contributed by atoms with E-state index in [1.807, 2.05) is 0 Å². The Hall–Kier alpha value is -1.17. The number of anilines is 1. The molecule has 0 saturated heterocycles. The molecular weight excluding hydrogens is 178 g/mol. The number of hydrogen-bond acceptors (Lipinski definition) is 5. The predicted molar refractivity (Wildman–Crippen MR) is 45.2 cm³/mol. The van der Waals surface area contributed by atoms with E-state index in [0.29, 0.717) is 5.13 Å². The molecule has 5 nitrogen and oxygen atoms in total. The van der Waals surface area contributed by atoms with Crippen LogP contribution in [0.3, 0.4) is 0 Å². The summed E-state index contributed by atoms with van der Waals surface area (Å²) >= 11 is 1.21. The standard InChI is InChI=1S/C6H9N3O2S/c1-4(2-5(10)11)9-6-7-3-8-12-6/h3-4H,2H2,1H3,(H,10,11)(H,7,8,9). The van der Waals surface area contributed by atoms with Crippen molar-refractivity contribution in [3.05, 3.63) is 6.33 Å². The Kier molecular flexibility index (Phi) is 2.98. The molecule has 6 heteroatoms. The summed E-state index contributed by atoms with van der Waals surface area (Å²) in [7, 11) is 0. The summed E-state index contributed by atoms with van der Waals surface area (Å²) < 4.78 is 3.78.